The Morgan fingerprint density at radius 3 is 2.70 bits per heavy atom. The zero-order chi connectivity index (χ0) is 16.4. The number of carbonyl (C=O) groups excluding carboxylic acids is 1. The molecule has 0 N–H and O–H groups in total. The van der Waals surface area contributed by atoms with Crippen molar-refractivity contribution in [2.24, 2.45) is 5.41 Å². The van der Waals surface area contributed by atoms with E-state index in [0.717, 1.165) is 25.8 Å². The number of hydrogen-bond donors (Lipinski definition) is 0. The molecule has 122 valence electrons. The number of nitriles is 1. The van der Waals surface area contributed by atoms with Crippen LogP contribution in [0.3, 0.4) is 0 Å². The Morgan fingerprint density at radius 2 is 2.09 bits per heavy atom. The summed E-state index contributed by atoms with van der Waals surface area (Å²) in [6, 6.07) is 10.7. The molecule has 23 heavy (non-hydrogen) atoms. The van der Waals surface area contributed by atoms with Crippen molar-refractivity contribution in [3.63, 3.8) is 0 Å². The van der Waals surface area contributed by atoms with E-state index >= 15 is 0 Å². The van der Waals surface area contributed by atoms with Gasteiger partial charge < -0.3 is 4.74 Å². The molecule has 2 heterocycles. The van der Waals surface area contributed by atoms with Crippen molar-refractivity contribution < 1.29 is 9.53 Å². The SMILES string of the molecule is CCOC(=O)[C@]1(CC)C[C@@H]2CC[C@H]1N2Cc1ccc(C#N)cc1. The maximum Gasteiger partial charge on any atom is 0.313 e. The van der Waals surface area contributed by atoms with E-state index in [4.69, 9.17) is 10.00 Å². The molecule has 3 rings (SSSR count). The van der Waals surface area contributed by atoms with Crippen molar-refractivity contribution in [3.05, 3.63) is 35.4 Å². The standard InChI is InChI=1S/C19H24N2O2/c1-3-19(18(22)23-4-2)11-16-9-10-17(19)21(16)13-15-7-5-14(12-20)6-8-15/h5-8,16-17H,3-4,9-11,13H2,1-2H3/t16-,17+,19+/m0/s1. The van der Waals surface area contributed by atoms with Crippen LogP contribution in [0.1, 0.15) is 50.7 Å². The van der Waals surface area contributed by atoms with Gasteiger partial charge in [-0.2, -0.15) is 5.26 Å². The number of benzene rings is 1. The smallest absolute Gasteiger partial charge is 0.313 e. The average Bonchev–Trinajstić information content (AvgIpc) is 3.11. The number of ether oxygens (including phenoxy) is 1. The van der Waals surface area contributed by atoms with Crippen LogP contribution in [0.25, 0.3) is 0 Å². The normalized spacial score (nSPS) is 29.4. The Balaban J connectivity index is 1.79. The second-order valence-electron chi connectivity index (χ2n) is 6.66. The van der Waals surface area contributed by atoms with Crippen molar-refractivity contribution in [3.8, 4) is 6.07 Å². The summed E-state index contributed by atoms with van der Waals surface area (Å²) >= 11 is 0. The highest BCUT2D eigenvalue weighted by molar-refractivity contribution is 5.78. The molecular formula is C19H24N2O2. The number of fused-ring (bicyclic) bond motifs is 2. The van der Waals surface area contributed by atoms with Crippen molar-refractivity contribution >= 4 is 5.97 Å². The Hall–Kier alpha value is -1.86. The van der Waals surface area contributed by atoms with Crippen molar-refractivity contribution in [2.45, 2.75) is 58.2 Å². The number of carbonyl (C=O) groups is 1. The second kappa shape index (κ2) is 6.33. The van der Waals surface area contributed by atoms with Crippen LogP contribution in [0.2, 0.25) is 0 Å². The molecule has 2 aliphatic rings. The van der Waals surface area contributed by atoms with Gasteiger partial charge in [0.05, 0.1) is 23.7 Å². The van der Waals surface area contributed by atoms with Gasteiger partial charge in [-0.05, 0) is 50.3 Å². The van der Waals surface area contributed by atoms with Crippen molar-refractivity contribution in [1.29, 1.82) is 5.26 Å². The number of esters is 1. The summed E-state index contributed by atoms with van der Waals surface area (Å²) in [7, 11) is 0. The predicted octanol–water partition coefficient (Wildman–Crippen LogP) is 3.25. The fourth-order valence-corrected chi connectivity index (χ4v) is 4.46. The molecule has 4 nitrogen and oxygen atoms in total. The minimum absolute atomic E-state index is 0.0143. The Morgan fingerprint density at radius 1 is 1.35 bits per heavy atom. The van der Waals surface area contributed by atoms with Gasteiger partial charge in [0.15, 0.2) is 0 Å². The van der Waals surface area contributed by atoms with E-state index in [-0.39, 0.29) is 17.4 Å². The lowest BCUT2D eigenvalue weighted by atomic mass is 9.72. The first kappa shape index (κ1) is 16.0. The Bertz CT molecular complexity index is 619. The maximum absolute atomic E-state index is 12.6. The first-order valence-electron chi connectivity index (χ1n) is 8.56. The summed E-state index contributed by atoms with van der Waals surface area (Å²) in [6.07, 6.45) is 4.01. The van der Waals surface area contributed by atoms with Crippen LogP contribution in [-0.2, 0) is 16.1 Å². The predicted molar refractivity (Wildman–Crippen MR) is 87.5 cm³/mol. The summed E-state index contributed by atoms with van der Waals surface area (Å²) in [6.45, 7) is 5.29. The third-order valence-electron chi connectivity index (χ3n) is 5.64. The molecule has 0 saturated carbocycles. The molecule has 3 atom stereocenters. The molecule has 1 aromatic rings. The summed E-state index contributed by atoms with van der Waals surface area (Å²) < 4.78 is 5.40. The molecule has 0 unspecified atom stereocenters. The second-order valence-corrected chi connectivity index (χ2v) is 6.66. The van der Waals surface area contributed by atoms with E-state index < -0.39 is 0 Å². The van der Waals surface area contributed by atoms with E-state index in [1.54, 1.807) is 0 Å². The lowest BCUT2D eigenvalue weighted by Gasteiger charge is -2.34. The van der Waals surface area contributed by atoms with Gasteiger partial charge in [0.2, 0.25) is 0 Å². The van der Waals surface area contributed by atoms with E-state index in [0.29, 0.717) is 18.2 Å². The molecular weight excluding hydrogens is 288 g/mol. The molecule has 2 bridgehead atoms. The molecule has 0 aromatic heterocycles. The number of hydrogen-bond acceptors (Lipinski definition) is 4. The van der Waals surface area contributed by atoms with Crippen molar-refractivity contribution in [1.82, 2.24) is 4.90 Å². The molecule has 0 aliphatic carbocycles. The topological polar surface area (TPSA) is 53.3 Å². The third-order valence-corrected chi connectivity index (χ3v) is 5.64. The van der Waals surface area contributed by atoms with Gasteiger partial charge in [0, 0.05) is 18.6 Å². The van der Waals surface area contributed by atoms with Crippen LogP contribution in [-0.4, -0.2) is 29.6 Å². The minimum atomic E-state index is -0.328. The molecule has 2 saturated heterocycles. The number of nitrogens with zero attached hydrogens (tertiary/aromatic N) is 2. The van der Waals surface area contributed by atoms with Crippen LogP contribution < -0.4 is 0 Å². The van der Waals surface area contributed by atoms with Crippen LogP contribution in [0.5, 0.6) is 0 Å². The molecule has 2 aliphatic heterocycles. The van der Waals surface area contributed by atoms with Gasteiger partial charge in [0.1, 0.15) is 0 Å². The molecule has 1 aromatic carbocycles. The van der Waals surface area contributed by atoms with E-state index in [9.17, 15) is 4.79 Å². The quantitative estimate of drug-likeness (QED) is 0.783. The van der Waals surface area contributed by atoms with Gasteiger partial charge in [0.25, 0.3) is 0 Å². The van der Waals surface area contributed by atoms with Gasteiger partial charge in [-0.1, -0.05) is 19.1 Å². The van der Waals surface area contributed by atoms with Crippen molar-refractivity contribution in [2.75, 3.05) is 6.61 Å². The Labute approximate surface area is 138 Å². The molecule has 0 radical (unpaired) electrons. The van der Waals surface area contributed by atoms with Crippen LogP contribution >= 0.6 is 0 Å². The molecule has 0 spiro atoms. The summed E-state index contributed by atoms with van der Waals surface area (Å²) in [4.78, 5) is 15.1. The maximum atomic E-state index is 12.6. The van der Waals surface area contributed by atoms with Gasteiger partial charge >= 0.3 is 5.97 Å². The number of rotatable bonds is 5. The lowest BCUT2D eigenvalue weighted by molar-refractivity contribution is -0.157. The van der Waals surface area contributed by atoms with Crippen LogP contribution in [0.4, 0.5) is 0 Å². The van der Waals surface area contributed by atoms with E-state index in [2.05, 4.69) is 17.9 Å². The van der Waals surface area contributed by atoms with Gasteiger partial charge in [-0.15, -0.1) is 0 Å². The minimum Gasteiger partial charge on any atom is -0.466 e. The average molecular weight is 312 g/mol. The Kier molecular flexibility index (Phi) is 4.41. The third kappa shape index (κ3) is 2.64. The highest BCUT2D eigenvalue weighted by atomic mass is 16.5. The summed E-state index contributed by atoms with van der Waals surface area (Å²) in [5, 5.41) is 8.91. The van der Waals surface area contributed by atoms with Gasteiger partial charge in [-0.3, -0.25) is 9.69 Å². The van der Waals surface area contributed by atoms with Gasteiger partial charge in [-0.25, -0.2) is 0 Å². The van der Waals surface area contributed by atoms with E-state index in [1.165, 1.54) is 12.0 Å². The highest BCUT2D eigenvalue weighted by Gasteiger charge is 2.59. The summed E-state index contributed by atoms with van der Waals surface area (Å²) in [5.74, 6) is -0.0143. The zero-order valence-corrected chi connectivity index (χ0v) is 13.9. The molecule has 4 heteroatoms. The molecule has 0 amide bonds. The van der Waals surface area contributed by atoms with Crippen LogP contribution in [0.15, 0.2) is 24.3 Å². The highest BCUT2D eigenvalue weighted by Crippen LogP contribution is 2.52. The zero-order valence-electron chi connectivity index (χ0n) is 13.9. The molecule has 2 fully saturated rings. The first-order chi connectivity index (χ1) is 11.1. The van der Waals surface area contributed by atoms with E-state index in [1.807, 2.05) is 31.2 Å². The first-order valence-corrected chi connectivity index (χ1v) is 8.56. The fraction of sp³-hybridized carbons (Fsp3) is 0.579. The monoisotopic (exact) mass is 312 g/mol. The lowest BCUT2D eigenvalue weighted by Crippen LogP contribution is -2.43. The van der Waals surface area contributed by atoms with Crippen LogP contribution in [0, 0.1) is 16.7 Å². The fourth-order valence-electron chi connectivity index (χ4n) is 4.46. The largest absolute Gasteiger partial charge is 0.466 e. The summed E-state index contributed by atoms with van der Waals surface area (Å²) in [5.41, 5.74) is 1.56.